The van der Waals surface area contributed by atoms with E-state index in [0.717, 1.165) is 41.2 Å². The summed E-state index contributed by atoms with van der Waals surface area (Å²) < 4.78 is 28.5. The van der Waals surface area contributed by atoms with Crippen LogP contribution in [0.5, 0.6) is 0 Å². The first-order valence-electron chi connectivity index (χ1n) is 11.1. The van der Waals surface area contributed by atoms with Gasteiger partial charge < -0.3 is 4.90 Å². The Hall–Kier alpha value is -2.05. The standard InChI is InChI=1S/C26H28Cl2N2O2S/c1-18-4-3-5-24(14-18)33(31,32)29-16-20-6-13-26(25-12-9-22(28)15-19(25)2)30(17-20)23-10-7-21(27)8-11-23/h3-5,7-12,14-15,20,26,29H,6,13,16-17H2,1-2H3. The van der Waals surface area contributed by atoms with Gasteiger partial charge in [-0.25, -0.2) is 13.1 Å². The smallest absolute Gasteiger partial charge is 0.240 e. The summed E-state index contributed by atoms with van der Waals surface area (Å²) in [4.78, 5) is 2.67. The predicted octanol–water partition coefficient (Wildman–Crippen LogP) is 6.55. The molecule has 1 fully saturated rings. The lowest BCUT2D eigenvalue weighted by Gasteiger charge is -2.42. The van der Waals surface area contributed by atoms with Crippen molar-refractivity contribution < 1.29 is 8.42 Å². The van der Waals surface area contributed by atoms with Crippen LogP contribution in [0.25, 0.3) is 0 Å². The second-order valence-corrected chi connectivity index (χ2v) is 11.4. The Balaban J connectivity index is 1.55. The van der Waals surface area contributed by atoms with Crippen LogP contribution in [-0.2, 0) is 10.0 Å². The van der Waals surface area contributed by atoms with Crippen LogP contribution in [0.2, 0.25) is 10.0 Å². The molecule has 1 heterocycles. The van der Waals surface area contributed by atoms with Crippen LogP contribution in [0.4, 0.5) is 5.69 Å². The van der Waals surface area contributed by atoms with E-state index in [9.17, 15) is 8.42 Å². The number of aryl methyl sites for hydroxylation is 2. The third-order valence-electron chi connectivity index (χ3n) is 6.29. The van der Waals surface area contributed by atoms with Crippen molar-refractivity contribution in [2.75, 3.05) is 18.0 Å². The highest BCUT2D eigenvalue weighted by Crippen LogP contribution is 2.39. The maximum atomic E-state index is 12.8. The van der Waals surface area contributed by atoms with Crippen LogP contribution >= 0.6 is 23.2 Å². The molecule has 0 aliphatic carbocycles. The summed E-state index contributed by atoms with van der Waals surface area (Å²) in [6.07, 6.45) is 1.84. The minimum atomic E-state index is -3.55. The highest BCUT2D eigenvalue weighted by atomic mass is 35.5. The molecule has 4 nitrogen and oxygen atoms in total. The first-order valence-corrected chi connectivity index (χ1v) is 13.3. The van der Waals surface area contributed by atoms with E-state index in [1.165, 1.54) is 5.56 Å². The van der Waals surface area contributed by atoms with Crippen molar-refractivity contribution in [2.45, 2.75) is 37.6 Å². The SMILES string of the molecule is Cc1cccc(S(=O)(=O)NCC2CCC(c3ccc(Cl)cc3C)N(c3ccc(Cl)cc3)C2)c1. The van der Waals surface area contributed by atoms with Crippen LogP contribution in [0, 0.1) is 19.8 Å². The molecule has 0 bridgehead atoms. The maximum Gasteiger partial charge on any atom is 0.240 e. The Morgan fingerprint density at radius 3 is 2.36 bits per heavy atom. The highest BCUT2D eigenvalue weighted by Gasteiger charge is 2.31. The third-order valence-corrected chi connectivity index (χ3v) is 8.20. The van der Waals surface area contributed by atoms with Gasteiger partial charge in [-0.2, -0.15) is 0 Å². The Bertz CT molecular complexity index is 1230. The summed E-state index contributed by atoms with van der Waals surface area (Å²) in [6.45, 7) is 5.11. The molecular weight excluding hydrogens is 475 g/mol. The van der Waals surface area contributed by atoms with E-state index in [4.69, 9.17) is 23.2 Å². The molecule has 0 spiro atoms. The van der Waals surface area contributed by atoms with Crippen molar-refractivity contribution in [3.05, 3.63) is 93.5 Å². The first-order chi connectivity index (χ1) is 15.7. The fraction of sp³-hybridized carbons (Fsp3) is 0.308. The molecule has 2 atom stereocenters. The van der Waals surface area contributed by atoms with Crippen molar-refractivity contribution in [1.29, 1.82) is 0 Å². The van der Waals surface area contributed by atoms with E-state index in [-0.39, 0.29) is 12.0 Å². The van der Waals surface area contributed by atoms with Gasteiger partial charge in [0.2, 0.25) is 10.0 Å². The lowest BCUT2D eigenvalue weighted by molar-refractivity contribution is 0.357. The summed E-state index contributed by atoms with van der Waals surface area (Å²) in [7, 11) is -3.55. The number of rotatable bonds is 6. The molecule has 3 aromatic rings. The fourth-order valence-electron chi connectivity index (χ4n) is 4.56. The number of hydrogen-bond donors (Lipinski definition) is 1. The number of nitrogens with one attached hydrogen (secondary N) is 1. The lowest BCUT2D eigenvalue weighted by Crippen LogP contribution is -2.43. The number of halogens is 2. The van der Waals surface area contributed by atoms with E-state index < -0.39 is 10.0 Å². The van der Waals surface area contributed by atoms with Crippen LogP contribution < -0.4 is 9.62 Å². The number of benzene rings is 3. The Kier molecular flexibility index (Phi) is 7.34. The maximum absolute atomic E-state index is 12.8. The average molecular weight is 503 g/mol. The third kappa shape index (κ3) is 5.72. The number of sulfonamides is 1. The van der Waals surface area contributed by atoms with Gasteiger partial charge in [-0.3, -0.25) is 0 Å². The molecule has 1 aliphatic rings. The molecule has 2 unspecified atom stereocenters. The lowest BCUT2D eigenvalue weighted by atomic mass is 9.87. The van der Waals surface area contributed by atoms with Gasteiger partial charge in [0.1, 0.15) is 0 Å². The predicted molar refractivity (Wildman–Crippen MR) is 137 cm³/mol. The summed E-state index contributed by atoms with van der Waals surface area (Å²) in [5.74, 6) is 0.184. The summed E-state index contributed by atoms with van der Waals surface area (Å²) >= 11 is 12.3. The van der Waals surface area contributed by atoms with E-state index in [2.05, 4.69) is 22.6 Å². The molecule has 0 radical (unpaired) electrons. The Labute approximate surface area is 206 Å². The van der Waals surface area contributed by atoms with E-state index >= 15 is 0 Å². The van der Waals surface area contributed by atoms with Crippen LogP contribution in [0.15, 0.2) is 71.6 Å². The van der Waals surface area contributed by atoms with Crippen LogP contribution in [-0.4, -0.2) is 21.5 Å². The van der Waals surface area contributed by atoms with Crippen molar-refractivity contribution in [3.63, 3.8) is 0 Å². The van der Waals surface area contributed by atoms with Gasteiger partial charge in [-0.05, 0) is 97.8 Å². The molecule has 0 amide bonds. The van der Waals surface area contributed by atoms with Gasteiger partial charge in [0.05, 0.1) is 10.9 Å². The first kappa shape index (κ1) is 24.1. The highest BCUT2D eigenvalue weighted by molar-refractivity contribution is 7.89. The largest absolute Gasteiger partial charge is 0.364 e. The zero-order valence-corrected chi connectivity index (χ0v) is 21.1. The topological polar surface area (TPSA) is 49.4 Å². The summed E-state index contributed by atoms with van der Waals surface area (Å²) in [6, 6.07) is 21.1. The minimum Gasteiger partial charge on any atom is -0.364 e. The van der Waals surface area contributed by atoms with E-state index in [1.54, 1.807) is 18.2 Å². The monoisotopic (exact) mass is 502 g/mol. The quantitative estimate of drug-likeness (QED) is 0.415. The van der Waals surface area contributed by atoms with Crippen molar-refractivity contribution in [1.82, 2.24) is 4.72 Å². The molecule has 33 heavy (non-hydrogen) atoms. The summed E-state index contributed by atoms with van der Waals surface area (Å²) in [5, 5.41) is 1.42. The van der Waals surface area contributed by atoms with Crippen molar-refractivity contribution >= 4 is 38.9 Å². The van der Waals surface area contributed by atoms with Gasteiger partial charge in [0.25, 0.3) is 0 Å². The minimum absolute atomic E-state index is 0.184. The molecule has 0 aromatic heterocycles. The van der Waals surface area contributed by atoms with Gasteiger partial charge in [-0.15, -0.1) is 0 Å². The molecule has 3 aromatic carbocycles. The van der Waals surface area contributed by atoms with E-state index in [0.29, 0.717) is 16.5 Å². The molecule has 4 rings (SSSR count). The van der Waals surface area contributed by atoms with Crippen LogP contribution in [0.3, 0.4) is 0 Å². The number of piperidine rings is 1. The van der Waals surface area contributed by atoms with E-state index in [1.807, 2.05) is 49.4 Å². The zero-order valence-electron chi connectivity index (χ0n) is 18.8. The second kappa shape index (κ2) is 10.1. The van der Waals surface area contributed by atoms with Gasteiger partial charge >= 0.3 is 0 Å². The van der Waals surface area contributed by atoms with Crippen LogP contribution in [0.1, 0.15) is 35.6 Å². The number of nitrogens with zero attached hydrogens (tertiary/aromatic N) is 1. The molecule has 0 saturated carbocycles. The average Bonchev–Trinajstić information content (AvgIpc) is 2.78. The number of hydrogen-bond acceptors (Lipinski definition) is 3. The van der Waals surface area contributed by atoms with Crippen molar-refractivity contribution in [3.8, 4) is 0 Å². The van der Waals surface area contributed by atoms with Gasteiger partial charge in [-0.1, -0.05) is 41.4 Å². The van der Waals surface area contributed by atoms with Gasteiger partial charge in [0, 0.05) is 28.8 Å². The Morgan fingerprint density at radius 2 is 1.67 bits per heavy atom. The Morgan fingerprint density at radius 1 is 0.939 bits per heavy atom. The summed E-state index contributed by atoms with van der Waals surface area (Å²) in [5.41, 5.74) is 4.40. The normalized spacial score (nSPS) is 19.0. The van der Waals surface area contributed by atoms with Crippen molar-refractivity contribution in [2.24, 2.45) is 5.92 Å². The molecule has 1 aliphatic heterocycles. The molecule has 174 valence electrons. The second-order valence-electron chi connectivity index (χ2n) is 8.76. The van der Waals surface area contributed by atoms with Gasteiger partial charge in [0.15, 0.2) is 0 Å². The molecule has 1 N–H and O–H groups in total. The molecule has 7 heteroatoms. The molecule has 1 saturated heterocycles. The fourth-order valence-corrected chi connectivity index (χ4v) is 6.13. The molecular formula is C26H28Cl2N2O2S. The zero-order chi connectivity index (χ0) is 23.6. The number of anilines is 1.